The molecular formula is C29H35Cl. The maximum absolute atomic E-state index is 6.02. The Labute approximate surface area is 188 Å². The van der Waals surface area contributed by atoms with Crippen LogP contribution in [0.1, 0.15) is 81.8 Å². The van der Waals surface area contributed by atoms with Crippen LogP contribution in [-0.2, 0) is 0 Å². The summed E-state index contributed by atoms with van der Waals surface area (Å²) in [5, 5.41) is 0.815. The molecule has 2 aliphatic rings. The van der Waals surface area contributed by atoms with E-state index in [4.69, 9.17) is 11.6 Å². The van der Waals surface area contributed by atoms with Gasteiger partial charge < -0.3 is 0 Å². The van der Waals surface area contributed by atoms with Crippen molar-refractivity contribution in [2.45, 2.75) is 70.6 Å². The second-order valence-corrected chi connectivity index (χ2v) is 9.93. The van der Waals surface area contributed by atoms with Crippen molar-refractivity contribution in [3.63, 3.8) is 0 Å². The van der Waals surface area contributed by atoms with Gasteiger partial charge in [-0.1, -0.05) is 104 Å². The first kappa shape index (κ1) is 21.4. The monoisotopic (exact) mass is 418 g/mol. The predicted octanol–water partition coefficient (Wildman–Crippen LogP) is 9.22. The molecular weight excluding hydrogens is 384 g/mol. The molecule has 2 aromatic rings. The molecule has 0 aromatic heterocycles. The molecule has 2 aliphatic carbocycles. The van der Waals surface area contributed by atoms with Crippen molar-refractivity contribution in [2.24, 2.45) is 11.8 Å². The molecule has 0 amide bonds. The summed E-state index contributed by atoms with van der Waals surface area (Å²) in [4.78, 5) is 0. The normalized spacial score (nSPS) is 22.9. The second kappa shape index (κ2) is 10.5. The van der Waals surface area contributed by atoms with E-state index in [-0.39, 0.29) is 0 Å². The smallest absolute Gasteiger partial charge is 0.0406 e. The molecule has 0 nitrogen and oxygen atoms in total. The lowest BCUT2D eigenvalue weighted by Gasteiger charge is -2.30. The van der Waals surface area contributed by atoms with E-state index in [0.717, 1.165) is 23.3 Å². The highest BCUT2D eigenvalue weighted by molar-refractivity contribution is 6.30. The van der Waals surface area contributed by atoms with E-state index in [0.29, 0.717) is 5.92 Å². The van der Waals surface area contributed by atoms with Gasteiger partial charge in [0.05, 0.1) is 0 Å². The highest BCUT2D eigenvalue weighted by Gasteiger charge is 2.23. The number of hydrogen-bond donors (Lipinski definition) is 0. The standard InChI is InChI=1S/C29H35Cl/c1-22(26-5-3-2-4-6-26)21-25-11-9-23(10-12-25)7-8-24-13-15-27(16-14-24)28-17-19-29(30)20-18-28/h2-6,13,15,17-20,22-23,25H,7-12,14,16,21H2,1H3/t22-,23?,25?/m1/s1. The molecule has 0 radical (unpaired) electrons. The molecule has 0 spiro atoms. The van der Waals surface area contributed by atoms with Crippen LogP contribution in [0.2, 0.25) is 5.02 Å². The van der Waals surface area contributed by atoms with Gasteiger partial charge in [-0.15, -0.1) is 0 Å². The van der Waals surface area contributed by atoms with Crippen LogP contribution >= 0.6 is 11.6 Å². The second-order valence-electron chi connectivity index (χ2n) is 9.50. The quantitative estimate of drug-likeness (QED) is 0.420. The molecule has 0 saturated heterocycles. The first-order valence-electron chi connectivity index (χ1n) is 11.9. The van der Waals surface area contributed by atoms with Crippen LogP contribution in [-0.4, -0.2) is 0 Å². The van der Waals surface area contributed by atoms with Crippen molar-refractivity contribution < 1.29 is 0 Å². The third-order valence-electron chi connectivity index (χ3n) is 7.35. The topological polar surface area (TPSA) is 0 Å². The van der Waals surface area contributed by atoms with Crippen molar-refractivity contribution in [3.05, 3.63) is 88.5 Å². The molecule has 0 N–H and O–H groups in total. The van der Waals surface area contributed by atoms with Gasteiger partial charge in [0.25, 0.3) is 0 Å². The predicted molar refractivity (Wildman–Crippen MR) is 131 cm³/mol. The summed E-state index contributed by atoms with van der Waals surface area (Å²) in [7, 11) is 0. The molecule has 0 unspecified atom stereocenters. The molecule has 2 aromatic carbocycles. The largest absolute Gasteiger partial charge is 0.0843 e. The van der Waals surface area contributed by atoms with E-state index < -0.39 is 0 Å². The molecule has 30 heavy (non-hydrogen) atoms. The Morgan fingerprint density at radius 1 is 0.833 bits per heavy atom. The van der Waals surface area contributed by atoms with E-state index >= 15 is 0 Å². The average molecular weight is 419 g/mol. The summed E-state index contributed by atoms with van der Waals surface area (Å²) in [5.74, 6) is 2.56. The summed E-state index contributed by atoms with van der Waals surface area (Å²) >= 11 is 6.02. The van der Waals surface area contributed by atoms with Gasteiger partial charge in [0.1, 0.15) is 0 Å². The molecule has 1 atom stereocenters. The Balaban J connectivity index is 1.20. The first-order chi connectivity index (χ1) is 14.7. The zero-order chi connectivity index (χ0) is 20.8. The van der Waals surface area contributed by atoms with Crippen molar-refractivity contribution >= 4 is 17.2 Å². The third-order valence-corrected chi connectivity index (χ3v) is 7.60. The van der Waals surface area contributed by atoms with Gasteiger partial charge >= 0.3 is 0 Å². The van der Waals surface area contributed by atoms with Crippen molar-refractivity contribution in [1.82, 2.24) is 0 Å². The fourth-order valence-electron chi connectivity index (χ4n) is 5.36. The molecule has 4 rings (SSSR count). The van der Waals surface area contributed by atoms with Gasteiger partial charge in [-0.3, -0.25) is 0 Å². The minimum atomic E-state index is 0.696. The van der Waals surface area contributed by atoms with Gasteiger partial charge in [-0.05, 0) is 78.7 Å². The summed E-state index contributed by atoms with van der Waals surface area (Å²) in [6.45, 7) is 2.41. The molecule has 1 fully saturated rings. The van der Waals surface area contributed by atoms with Gasteiger partial charge in [0, 0.05) is 5.02 Å². The van der Waals surface area contributed by atoms with Crippen LogP contribution in [0.4, 0.5) is 0 Å². The van der Waals surface area contributed by atoms with Gasteiger partial charge in [0.15, 0.2) is 0 Å². The van der Waals surface area contributed by atoms with Crippen LogP contribution in [0, 0.1) is 11.8 Å². The van der Waals surface area contributed by atoms with Gasteiger partial charge in [-0.2, -0.15) is 0 Å². The first-order valence-corrected chi connectivity index (χ1v) is 12.2. The van der Waals surface area contributed by atoms with Gasteiger partial charge in [-0.25, -0.2) is 0 Å². The van der Waals surface area contributed by atoms with Crippen LogP contribution in [0.15, 0.2) is 72.3 Å². The van der Waals surface area contributed by atoms with E-state index in [2.05, 4.69) is 61.5 Å². The maximum Gasteiger partial charge on any atom is 0.0406 e. The number of benzene rings is 2. The summed E-state index contributed by atoms with van der Waals surface area (Å²) < 4.78 is 0. The molecule has 0 heterocycles. The zero-order valence-corrected chi connectivity index (χ0v) is 19.1. The molecule has 0 aliphatic heterocycles. The Kier molecular flexibility index (Phi) is 7.50. The maximum atomic E-state index is 6.02. The summed E-state index contributed by atoms with van der Waals surface area (Å²) in [5.41, 5.74) is 5.92. The van der Waals surface area contributed by atoms with Gasteiger partial charge in [0.2, 0.25) is 0 Å². The van der Waals surface area contributed by atoms with Crippen LogP contribution in [0.5, 0.6) is 0 Å². The zero-order valence-electron chi connectivity index (χ0n) is 18.3. The lowest BCUT2D eigenvalue weighted by atomic mass is 9.75. The number of allylic oxidation sites excluding steroid dienone is 4. The Morgan fingerprint density at radius 2 is 1.53 bits per heavy atom. The highest BCUT2D eigenvalue weighted by Crippen LogP contribution is 2.38. The van der Waals surface area contributed by atoms with Crippen LogP contribution in [0.25, 0.3) is 5.57 Å². The fraction of sp³-hybridized carbons (Fsp3) is 0.448. The van der Waals surface area contributed by atoms with Crippen molar-refractivity contribution in [2.75, 3.05) is 0 Å². The highest BCUT2D eigenvalue weighted by atomic mass is 35.5. The van der Waals surface area contributed by atoms with Crippen molar-refractivity contribution in [1.29, 1.82) is 0 Å². The molecule has 0 bridgehead atoms. The number of halogens is 1. The SMILES string of the molecule is C[C@H](CC1CCC(CCC2=CC=C(c3ccc(Cl)cc3)CC2)CC1)c1ccccc1. The lowest BCUT2D eigenvalue weighted by Crippen LogP contribution is -2.16. The minimum absolute atomic E-state index is 0.696. The Bertz CT molecular complexity index is 851. The van der Waals surface area contributed by atoms with Crippen LogP contribution in [0.3, 0.4) is 0 Å². The van der Waals surface area contributed by atoms with E-state index in [1.807, 2.05) is 12.1 Å². The summed E-state index contributed by atoms with van der Waals surface area (Å²) in [6, 6.07) is 19.3. The van der Waals surface area contributed by atoms with E-state index in [1.165, 1.54) is 68.1 Å². The van der Waals surface area contributed by atoms with E-state index in [1.54, 1.807) is 5.57 Å². The van der Waals surface area contributed by atoms with Crippen molar-refractivity contribution in [3.8, 4) is 0 Å². The van der Waals surface area contributed by atoms with Crippen LogP contribution < -0.4 is 0 Å². The van der Waals surface area contributed by atoms with E-state index in [9.17, 15) is 0 Å². The Morgan fingerprint density at radius 3 is 2.20 bits per heavy atom. The lowest BCUT2D eigenvalue weighted by molar-refractivity contribution is 0.245. The number of hydrogen-bond acceptors (Lipinski definition) is 0. The molecule has 1 saturated carbocycles. The number of rotatable bonds is 7. The third kappa shape index (κ3) is 5.88. The molecule has 1 heteroatoms. The minimum Gasteiger partial charge on any atom is -0.0843 e. The average Bonchev–Trinajstić information content (AvgIpc) is 2.80. The Hall–Kier alpha value is -1.79. The fourth-order valence-corrected chi connectivity index (χ4v) is 5.48. The molecule has 158 valence electrons. The summed E-state index contributed by atoms with van der Waals surface area (Å²) in [6.07, 6.45) is 16.9.